The topological polar surface area (TPSA) is 79.5 Å². The van der Waals surface area contributed by atoms with Crippen molar-refractivity contribution in [3.05, 3.63) is 24.0 Å². The normalized spacial score (nSPS) is 19.1. The molecule has 0 spiro atoms. The van der Waals surface area contributed by atoms with E-state index in [4.69, 9.17) is 5.73 Å². The van der Waals surface area contributed by atoms with Gasteiger partial charge in [0.25, 0.3) is 5.91 Å². The number of carbonyl (C=O) groups excluding carboxylic acids is 2. The lowest BCUT2D eigenvalue weighted by atomic mass is 9.92. The van der Waals surface area contributed by atoms with E-state index in [2.05, 4.69) is 9.88 Å². The van der Waals surface area contributed by atoms with E-state index in [1.807, 2.05) is 11.0 Å². The molecule has 124 valence electrons. The molecule has 2 saturated heterocycles. The minimum atomic E-state index is -0.445. The molecule has 6 nitrogen and oxygen atoms in total. The van der Waals surface area contributed by atoms with Crippen LogP contribution in [0.25, 0.3) is 0 Å². The molecular weight excluding hydrogens is 292 g/mol. The van der Waals surface area contributed by atoms with Crippen LogP contribution in [0.1, 0.15) is 42.5 Å². The Morgan fingerprint density at radius 2 is 1.87 bits per heavy atom. The van der Waals surface area contributed by atoms with Crippen LogP contribution in [-0.4, -0.2) is 47.9 Å². The summed E-state index contributed by atoms with van der Waals surface area (Å²) in [6.45, 7) is 3.55. The molecular formula is C17H24N4O2. The van der Waals surface area contributed by atoms with Crippen molar-refractivity contribution in [2.45, 2.75) is 32.1 Å². The van der Waals surface area contributed by atoms with Crippen LogP contribution >= 0.6 is 0 Å². The third-order valence-electron chi connectivity index (χ3n) is 4.94. The van der Waals surface area contributed by atoms with Gasteiger partial charge in [0.1, 0.15) is 0 Å². The van der Waals surface area contributed by atoms with Gasteiger partial charge in [0.05, 0.1) is 11.3 Å². The first-order valence-electron chi connectivity index (χ1n) is 8.41. The van der Waals surface area contributed by atoms with E-state index in [1.54, 1.807) is 6.20 Å². The van der Waals surface area contributed by atoms with Crippen LogP contribution in [-0.2, 0) is 4.79 Å². The van der Waals surface area contributed by atoms with E-state index in [0.717, 1.165) is 57.5 Å². The van der Waals surface area contributed by atoms with Gasteiger partial charge in [-0.1, -0.05) is 0 Å². The average molecular weight is 316 g/mol. The number of primary amides is 1. The lowest BCUT2D eigenvalue weighted by Crippen LogP contribution is -2.37. The number of rotatable bonds is 4. The number of pyridine rings is 1. The van der Waals surface area contributed by atoms with E-state index in [-0.39, 0.29) is 0 Å². The summed E-state index contributed by atoms with van der Waals surface area (Å²) < 4.78 is 0. The van der Waals surface area contributed by atoms with E-state index in [1.165, 1.54) is 6.20 Å². The summed E-state index contributed by atoms with van der Waals surface area (Å²) in [7, 11) is 0. The molecule has 2 fully saturated rings. The van der Waals surface area contributed by atoms with Crippen molar-refractivity contribution in [3.8, 4) is 0 Å². The van der Waals surface area contributed by atoms with Crippen molar-refractivity contribution in [1.29, 1.82) is 0 Å². The molecule has 1 aromatic rings. The number of aromatic nitrogens is 1. The number of piperidine rings is 1. The van der Waals surface area contributed by atoms with Gasteiger partial charge in [-0.2, -0.15) is 0 Å². The monoisotopic (exact) mass is 316 g/mol. The largest absolute Gasteiger partial charge is 0.371 e. The van der Waals surface area contributed by atoms with Crippen molar-refractivity contribution >= 4 is 17.5 Å². The van der Waals surface area contributed by atoms with Crippen LogP contribution in [0.4, 0.5) is 5.69 Å². The first-order chi connectivity index (χ1) is 11.1. The Bertz CT molecular complexity index is 576. The van der Waals surface area contributed by atoms with Gasteiger partial charge in [0.2, 0.25) is 5.91 Å². The zero-order chi connectivity index (χ0) is 16.2. The molecule has 0 aromatic carbocycles. The molecule has 3 heterocycles. The summed E-state index contributed by atoms with van der Waals surface area (Å²) in [4.78, 5) is 31.9. The number of hydrogen-bond donors (Lipinski definition) is 1. The quantitative estimate of drug-likeness (QED) is 0.911. The molecule has 2 amide bonds. The highest BCUT2D eigenvalue weighted by Crippen LogP contribution is 2.28. The van der Waals surface area contributed by atoms with Gasteiger partial charge in [-0.25, -0.2) is 0 Å². The Morgan fingerprint density at radius 3 is 2.52 bits per heavy atom. The van der Waals surface area contributed by atoms with Gasteiger partial charge in [-0.15, -0.1) is 0 Å². The molecule has 2 aliphatic rings. The lowest BCUT2D eigenvalue weighted by Gasteiger charge is -2.34. The molecule has 1 aromatic heterocycles. The highest BCUT2D eigenvalue weighted by atomic mass is 16.2. The lowest BCUT2D eigenvalue weighted by molar-refractivity contribution is -0.131. The fraction of sp³-hybridized carbons (Fsp3) is 0.588. The second-order valence-corrected chi connectivity index (χ2v) is 6.48. The first kappa shape index (κ1) is 15.8. The van der Waals surface area contributed by atoms with Gasteiger partial charge in [0, 0.05) is 45.0 Å². The van der Waals surface area contributed by atoms with Gasteiger partial charge >= 0.3 is 0 Å². The Morgan fingerprint density at radius 1 is 1.17 bits per heavy atom. The number of amides is 2. The fourth-order valence-corrected chi connectivity index (χ4v) is 3.57. The van der Waals surface area contributed by atoms with E-state index in [0.29, 0.717) is 23.8 Å². The van der Waals surface area contributed by atoms with Crippen LogP contribution in [0.5, 0.6) is 0 Å². The van der Waals surface area contributed by atoms with E-state index < -0.39 is 5.91 Å². The number of likely N-dealkylation sites (tertiary alicyclic amines) is 1. The standard InChI is InChI=1S/C17H24N4O2/c18-17(23)14-12-19-6-3-15(14)20-9-4-13(5-10-20)11-16(22)21-7-1-2-8-21/h3,6,12-13H,1-2,4-5,7-11H2,(H2,18,23). The number of anilines is 1. The SMILES string of the molecule is NC(=O)c1cnccc1N1CCC(CC(=O)N2CCCC2)CC1. The predicted molar refractivity (Wildman–Crippen MR) is 88.1 cm³/mol. The second kappa shape index (κ2) is 6.98. The van der Waals surface area contributed by atoms with Crippen molar-refractivity contribution in [3.63, 3.8) is 0 Å². The highest BCUT2D eigenvalue weighted by molar-refractivity contribution is 5.98. The average Bonchev–Trinajstić information content (AvgIpc) is 3.10. The molecule has 0 unspecified atom stereocenters. The maximum Gasteiger partial charge on any atom is 0.252 e. The predicted octanol–water partition coefficient (Wildman–Crippen LogP) is 1.41. The summed E-state index contributed by atoms with van der Waals surface area (Å²) in [5.41, 5.74) is 6.76. The zero-order valence-corrected chi connectivity index (χ0v) is 13.4. The Kier molecular flexibility index (Phi) is 4.79. The summed E-state index contributed by atoms with van der Waals surface area (Å²) in [5.74, 6) is 0.306. The summed E-state index contributed by atoms with van der Waals surface area (Å²) in [6.07, 6.45) is 8.10. The Labute approximate surface area is 136 Å². The molecule has 6 heteroatoms. The minimum Gasteiger partial charge on any atom is -0.371 e. The molecule has 2 N–H and O–H groups in total. The molecule has 0 aliphatic carbocycles. The molecule has 0 atom stereocenters. The van der Waals surface area contributed by atoms with Gasteiger partial charge in [-0.3, -0.25) is 14.6 Å². The van der Waals surface area contributed by atoms with Gasteiger partial charge < -0.3 is 15.5 Å². The molecule has 0 radical (unpaired) electrons. The van der Waals surface area contributed by atoms with Crippen LogP contribution in [0.15, 0.2) is 18.5 Å². The Balaban J connectivity index is 1.56. The smallest absolute Gasteiger partial charge is 0.252 e. The minimum absolute atomic E-state index is 0.308. The Hall–Kier alpha value is -2.11. The molecule has 2 aliphatic heterocycles. The highest BCUT2D eigenvalue weighted by Gasteiger charge is 2.26. The van der Waals surface area contributed by atoms with Crippen molar-refractivity contribution in [1.82, 2.24) is 9.88 Å². The van der Waals surface area contributed by atoms with Crippen LogP contribution in [0, 0.1) is 5.92 Å². The van der Waals surface area contributed by atoms with Gasteiger partial charge in [0.15, 0.2) is 0 Å². The summed E-state index contributed by atoms with van der Waals surface area (Å²) in [5, 5.41) is 0. The van der Waals surface area contributed by atoms with Crippen LogP contribution in [0.3, 0.4) is 0 Å². The summed E-state index contributed by atoms with van der Waals surface area (Å²) >= 11 is 0. The van der Waals surface area contributed by atoms with Crippen LogP contribution < -0.4 is 10.6 Å². The maximum atomic E-state index is 12.3. The van der Waals surface area contributed by atoms with Crippen LogP contribution in [0.2, 0.25) is 0 Å². The zero-order valence-electron chi connectivity index (χ0n) is 13.4. The molecule has 3 rings (SSSR count). The molecule has 0 saturated carbocycles. The van der Waals surface area contributed by atoms with Gasteiger partial charge in [-0.05, 0) is 37.7 Å². The second-order valence-electron chi connectivity index (χ2n) is 6.48. The summed E-state index contributed by atoms with van der Waals surface area (Å²) in [6, 6.07) is 1.84. The number of nitrogens with zero attached hydrogens (tertiary/aromatic N) is 3. The first-order valence-corrected chi connectivity index (χ1v) is 8.41. The third kappa shape index (κ3) is 3.63. The fourth-order valence-electron chi connectivity index (χ4n) is 3.57. The molecule has 0 bridgehead atoms. The van der Waals surface area contributed by atoms with E-state index in [9.17, 15) is 9.59 Å². The van der Waals surface area contributed by atoms with Crippen molar-refractivity contribution < 1.29 is 9.59 Å². The van der Waals surface area contributed by atoms with E-state index >= 15 is 0 Å². The third-order valence-corrected chi connectivity index (χ3v) is 4.94. The van der Waals surface area contributed by atoms with Crippen molar-refractivity contribution in [2.24, 2.45) is 11.7 Å². The van der Waals surface area contributed by atoms with Crippen molar-refractivity contribution in [2.75, 3.05) is 31.1 Å². The number of carbonyl (C=O) groups is 2. The molecule has 23 heavy (non-hydrogen) atoms. The number of nitrogens with two attached hydrogens (primary N) is 1. The number of hydrogen-bond acceptors (Lipinski definition) is 4. The maximum absolute atomic E-state index is 12.3.